The molecule has 0 radical (unpaired) electrons. The number of rotatable bonds is 3. The highest BCUT2D eigenvalue weighted by molar-refractivity contribution is 5.10. The lowest BCUT2D eigenvalue weighted by Crippen LogP contribution is -2.34. The van der Waals surface area contributed by atoms with Crippen LogP contribution in [0.5, 0.6) is 0 Å². The maximum Gasteiger partial charge on any atom is 0.0980 e. The van der Waals surface area contributed by atoms with Crippen LogP contribution >= 0.6 is 0 Å². The number of hydrogen-bond donors (Lipinski definition) is 1. The Kier molecular flexibility index (Phi) is 3.66. The van der Waals surface area contributed by atoms with Crippen molar-refractivity contribution in [3.63, 3.8) is 0 Å². The van der Waals surface area contributed by atoms with Crippen LogP contribution in [0, 0.1) is 5.41 Å². The zero-order chi connectivity index (χ0) is 11.4. The van der Waals surface area contributed by atoms with E-state index >= 15 is 0 Å². The lowest BCUT2D eigenvalue weighted by atomic mass is 9.83. The van der Waals surface area contributed by atoms with Gasteiger partial charge in [0.2, 0.25) is 0 Å². The number of ether oxygens (including phenoxy) is 1. The molecular weight excluding hydrogens is 202 g/mol. The fourth-order valence-corrected chi connectivity index (χ4v) is 2.23. The number of hydrogen-bond acceptors (Lipinski definition) is 3. The highest BCUT2D eigenvalue weighted by Gasteiger charge is 2.31. The van der Waals surface area contributed by atoms with Gasteiger partial charge in [-0.3, -0.25) is 0 Å². The van der Waals surface area contributed by atoms with Gasteiger partial charge in [0.05, 0.1) is 25.2 Å². The molecule has 1 aliphatic heterocycles. The van der Waals surface area contributed by atoms with Gasteiger partial charge in [-0.2, -0.15) is 0 Å². The van der Waals surface area contributed by atoms with Crippen LogP contribution in [0.1, 0.15) is 38.4 Å². The van der Waals surface area contributed by atoms with Crippen molar-refractivity contribution < 1.29 is 9.15 Å². The van der Waals surface area contributed by atoms with Gasteiger partial charge in [0, 0.05) is 24.1 Å². The zero-order valence-electron chi connectivity index (χ0n) is 10.2. The molecule has 0 aromatic carbocycles. The number of nitrogens with one attached hydrogen (secondary N) is 1. The molecule has 2 rings (SSSR count). The minimum absolute atomic E-state index is 0.138. The van der Waals surface area contributed by atoms with Crippen molar-refractivity contribution in [2.75, 3.05) is 19.7 Å². The van der Waals surface area contributed by atoms with Gasteiger partial charge < -0.3 is 14.5 Å². The smallest absolute Gasteiger partial charge is 0.0980 e. The largest absolute Gasteiger partial charge is 0.472 e. The molecule has 1 saturated heterocycles. The Labute approximate surface area is 97.2 Å². The Morgan fingerprint density at radius 1 is 1.44 bits per heavy atom. The second-order valence-corrected chi connectivity index (χ2v) is 4.69. The van der Waals surface area contributed by atoms with Crippen LogP contribution in [-0.2, 0) is 4.74 Å². The van der Waals surface area contributed by atoms with E-state index in [1.54, 1.807) is 12.5 Å². The third-order valence-corrected chi connectivity index (χ3v) is 3.84. The van der Waals surface area contributed by atoms with Gasteiger partial charge in [-0.05, 0) is 18.9 Å². The molecule has 3 nitrogen and oxygen atoms in total. The topological polar surface area (TPSA) is 34.4 Å². The predicted octanol–water partition coefficient (Wildman–Crippen LogP) is 2.75. The molecule has 16 heavy (non-hydrogen) atoms. The molecule has 0 amide bonds. The summed E-state index contributed by atoms with van der Waals surface area (Å²) in [6.07, 6.45) is 5.94. The first-order chi connectivity index (χ1) is 7.79. The van der Waals surface area contributed by atoms with Crippen LogP contribution in [0.15, 0.2) is 23.0 Å². The lowest BCUT2D eigenvalue weighted by Gasteiger charge is -2.29. The Hall–Kier alpha value is -0.800. The van der Waals surface area contributed by atoms with Crippen LogP contribution in [0.2, 0.25) is 0 Å². The van der Waals surface area contributed by atoms with E-state index < -0.39 is 0 Å². The van der Waals surface area contributed by atoms with Gasteiger partial charge in [-0.15, -0.1) is 0 Å². The van der Waals surface area contributed by atoms with Crippen LogP contribution in [0.4, 0.5) is 0 Å². The summed E-state index contributed by atoms with van der Waals surface area (Å²) < 4.78 is 11.1. The molecule has 0 bridgehead atoms. The normalized spacial score (nSPS) is 25.2. The first-order valence-electron chi connectivity index (χ1n) is 6.14. The maximum absolute atomic E-state index is 6.02. The fourth-order valence-electron chi connectivity index (χ4n) is 2.23. The third-order valence-electron chi connectivity index (χ3n) is 3.84. The van der Waals surface area contributed by atoms with Gasteiger partial charge in [-0.25, -0.2) is 0 Å². The Bertz CT molecular complexity index is 304. The molecule has 90 valence electrons. The predicted molar refractivity (Wildman–Crippen MR) is 63.3 cm³/mol. The average Bonchev–Trinajstić information content (AvgIpc) is 2.76. The van der Waals surface area contributed by atoms with E-state index in [0.29, 0.717) is 5.41 Å². The first-order valence-corrected chi connectivity index (χ1v) is 6.14. The summed E-state index contributed by atoms with van der Waals surface area (Å²) >= 11 is 0. The van der Waals surface area contributed by atoms with Gasteiger partial charge in [0.25, 0.3) is 0 Å². The highest BCUT2D eigenvalue weighted by Crippen LogP contribution is 2.31. The Morgan fingerprint density at radius 3 is 2.88 bits per heavy atom. The number of furan rings is 1. The van der Waals surface area contributed by atoms with E-state index in [1.807, 2.05) is 6.07 Å². The monoisotopic (exact) mass is 223 g/mol. The SMILES string of the molecule is CCC1(CC)CNCC(c2ccoc2)OC1. The van der Waals surface area contributed by atoms with Gasteiger partial charge in [0.15, 0.2) is 0 Å². The van der Waals surface area contributed by atoms with E-state index in [0.717, 1.165) is 38.1 Å². The molecule has 3 heteroatoms. The van der Waals surface area contributed by atoms with Crippen LogP contribution in [-0.4, -0.2) is 19.7 Å². The molecule has 0 saturated carbocycles. The molecule has 1 aliphatic rings. The molecule has 0 aliphatic carbocycles. The summed E-state index contributed by atoms with van der Waals surface area (Å²) in [5.41, 5.74) is 1.44. The second-order valence-electron chi connectivity index (χ2n) is 4.69. The Morgan fingerprint density at radius 2 is 2.25 bits per heavy atom. The summed E-state index contributed by atoms with van der Waals surface area (Å²) in [7, 11) is 0. The standard InChI is InChI=1S/C13H21NO2/c1-3-13(4-2)9-14-7-12(16-10-13)11-5-6-15-8-11/h5-6,8,12,14H,3-4,7,9-10H2,1-2H3. The van der Waals surface area contributed by atoms with E-state index in [2.05, 4.69) is 19.2 Å². The van der Waals surface area contributed by atoms with E-state index in [-0.39, 0.29) is 6.10 Å². The van der Waals surface area contributed by atoms with Crippen LogP contribution in [0.25, 0.3) is 0 Å². The fraction of sp³-hybridized carbons (Fsp3) is 0.692. The van der Waals surface area contributed by atoms with Crippen molar-refractivity contribution in [2.45, 2.75) is 32.8 Å². The molecule has 1 aromatic rings. The minimum atomic E-state index is 0.138. The van der Waals surface area contributed by atoms with Crippen molar-refractivity contribution >= 4 is 0 Å². The molecule has 1 atom stereocenters. The quantitative estimate of drug-likeness (QED) is 0.855. The summed E-state index contributed by atoms with van der Waals surface area (Å²) in [5.74, 6) is 0. The van der Waals surface area contributed by atoms with Crippen molar-refractivity contribution in [1.82, 2.24) is 5.32 Å². The van der Waals surface area contributed by atoms with Crippen LogP contribution in [0.3, 0.4) is 0 Å². The summed E-state index contributed by atoms with van der Waals surface area (Å²) in [6, 6.07) is 1.98. The summed E-state index contributed by atoms with van der Waals surface area (Å²) in [4.78, 5) is 0. The van der Waals surface area contributed by atoms with E-state index in [9.17, 15) is 0 Å². The molecule has 1 N–H and O–H groups in total. The van der Waals surface area contributed by atoms with Gasteiger partial charge in [-0.1, -0.05) is 13.8 Å². The minimum Gasteiger partial charge on any atom is -0.472 e. The molecular formula is C13H21NO2. The highest BCUT2D eigenvalue weighted by atomic mass is 16.5. The molecule has 0 spiro atoms. The third kappa shape index (κ3) is 2.30. The van der Waals surface area contributed by atoms with Crippen LogP contribution < -0.4 is 5.32 Å². The van der Waals surface area contributed by atoms with Crippen molar-refractivity contribution in [2.24, 2.45) is 5.41 Å². The van der Waals surface area contributed by atoms with Gasteiger partial charge >= 0.3 is 0 Å². The van der Waals surface area contributed by atoms with E-state index in [1.165, 1.54) is 0 Å². The second kappa shape index (κ2) is 5.02. The van der Waals surface area contributed by atoms with Crippen molar-refractivity contribution in [3.8, 4) is 0 Å². The Balaban J connectivity index is 2.03. The molecule has 2 heterocycles. The maximum atomic E-state index is 6.02. The van der Waals surface area contributed by atoms with Crippen molar-refractivity contribution in [1.29, 1.82) is 0 Å². The molecule has 1 aromatic heterocycles. The molecule has 1 unspecified atom stereocenters. The summed E-state index contributed by atoms with van der Waals surface area (Å²) in [6.45, 7) is 7.25. The lowest BCUT2D eigenvalue weighted by molar-refractivity contribution is 0.0100. The van der Waals surface area contributed by atoms with E-state index in [4.69, 9.17) is 9.15 Å². The average molecular weight is 223 g/mol. The zero-order valence-corrected chi connectivity index (χ0v) is 10.2. The first kappa shape index (κ1) is 11.7. The van der Waals surface area contributed by atoms with Crippen molar-refractivity contribution in [3.05, 3.63) is 24.2 Å². The summed E-state index contributed by atoms with van der Waals surface area (Å²) in [5, 5.41) is 3.51. The molecule has 1 fully saturated rings. The van der Waals surface area contributed by atoms with Gasteiger partial charge in [0.1, 0.15) is 0 Å².